The van der Waals surface area contributed by atoms with Gasteiger partial charge in [-0.2, -0.15) is 0 Å². The number of hydrogen-bond acceptors (Lipinski definition) is 5. The third-order valence-corrected chi connectivity index (χ3v) is 10.5. The Morgan fingerprint density at radius 3 is 1.43 bits per heavy atom. The molecule has 0 aliphatic heterocycles. The molecule has 0 aromatic carbocycles. The second kappa shape index (κ2) is 41.5. The number of unbranched alkanes of at least 4 members (excludes halogenated alkanes) is 25. The highest BCUT2D eigenvalue weighted by Crippen LogP contribution is 2.17. The second-order valence-corrected chi connectivity index (χ2v) is 15.8. The highest BCUT2D eigenvalue weighted by molar-refractivity contribution is 5.77. The Morgan fingerprint density at radius 1 is 0.547 bits per heavy atom. The van der Waals surface area contributed by atoms with Gasteiger partial charge in [-0.1, -0.05) is 206 Å². The molecular weight excluding hydrogens is 659 g/mol. The summed E-state index contributed by atoms with van der Waals surface area (Å²) in [5.74, 6) is -0.551. The fourth-order valence-corrected chi connectivity index (χ4v) is 7.01. The number of esters is 1. The number of carbonyl (C=O) groups excluding carboxylic acids is 2. The lowest BCUT2D eigenvalue weighted by Gasteiger charge is -2.24. The van der Waals surface area contributed by atoms with E-state index in [0.717, 1.165) is 51.4 Å². The van der Waals surface area contributed by atoms with Crippen LogP contribution >= 0.6 is 0 Å². The topological polar surface area (TPSA) is 95.9 Å². The number of amides is 1. The molecule has 0 spiro atoms. The average molecular weight is 748 g/mol. The number of hydrogen-bond donors (Lipinski definition) is 3. The Bertz CT molecular complexity index is 843. The Balaban J connectivity index is 4.53. The third kappa shape index (κ3) is 37.1. The maximum atomic E-state index is 13.1. The molecule has 312 valence electrons. The highest BCUT2D eigenvalue weighted by Gasteiger charge is 2.24. The minimum Gasteiger partial charge on any atom is -0.462 e. The average Bonchev–Trinajstić information content (AvgIpc) is 3.15. The van der Waals surface area contributed by atoms with Crippen LogP contribution in [-0.2, 0) is 14.3 Å². The quantitative estimate of drug-likeness (QED) is 0.0329. The van der Waals surface area contributed by atoms with Crippen molar-refractivity contribution in [3.63, 3.8) is 0 Å². The maximum absolute atomic E-state index is 13.1. The van der Waals surface area contributed by atoms with Crippen LogP contribution in [0.4, 0.5) is 0 Å². The summed E-state index contributed by atoms with van der Waals surface area (Å²) in [7, 11) is 0. The van der Waals surface area contributed by atoms with Gasteiger partial charge in [-0.05, 0) is 44.9 Å². The van der Waals surface area contributed by atoms with Crippen LogP contribution in [0, 0.1) is 0 Å². The van der Waals surface area contributed by atoms with Crippen molar-refractivity contribution in [1.29, 1.82) is 0 Å². The van der Waals surface area contributed by atoms with E-state index < -0.39 is 18.2 Å². The largest absolute Gasteiger partial charge is 0.462 e. The molecule has 0 aliphatic rings. The molecule has 0 aromatic rings. The van der Waals surface area contributed by atoms with Gasteiger partial charge in [0.25, 0.3) is 0 Å². The first-order valence-electron chi connectivity index (χ1n) is 23.1. The fourth-order valence-electron chi connectivity index (χ4n) is 7.01. The van der Waals surface area contributed by atoms with Gasteiger partial charge in [-0.15, -0.1) is 0 Å². The molecule has 0 radical (unpaired) electrons. The van der Waals surface area contributed by atoms with Crippen molar-refractivity contribution in [3.8, 4) is 0 Å². The van der Waals surface area contributed by atoms with Crippen molar-refractivity contribution < 1.29 is 24.5 Å². The molecular formula is C47H89NO5. The first-order valence-corrected chi connectivity index (χ1v) is 23.1. The first kappa shape index (κ1) is 51.3. The van der Waals surface area contributed by atoms with E-state index in [0.29, 0.717) is 25.7 Å². The number of nitrogens with one attached hydrogen (secondary N) is 1. The smallest absolute Gasteiger partial charge is 0.306 e. The van der Waals surface area contributed by atoms with E-state index in [-0.39, 0.29) is 24.9 Å². The van der Waals surface area contributed by atoms with E-state index >= 15 is 0 Å². The molecule has 0 aliphatic carbocycles. The lowest BCUT2D eigenvalue weighted by atomic mass is 10.0. The van der Waals surface area contributed by atoms with Gasteiger partial charge < -0.3 is 20.3 Å². The Hall–Kier alpha value is -1.66. The van der Waals surface area contributed by atoms with Crippen LogP contribution in [0.5, 0.6) is 0 Å². The van der Waals surface area contributed by atoms with Crippen LogP contribution in [0.1, 0.15) is 239 Å². The van der Waals surface area contributed by atoms with Gasteiger partial charge in [0.05, 0.1) is 25.2 Å². The number of aliphatic hydroxyl groups is 2. The van der Waals surface area contributed by atoms with E-state index in [1.54, 1.807) is 0 Å². The Labute approximate surface area is 329 Å². The number of carbonyl (C=O) groups is 2. The number of rotatable bonds is 41. The van der Waals surface area contributed by atoms with Crippen molar-refractivity contribution in [2.45, 2.75) is 257 Å². The van der Waals surface area contributed by atoms with E-state index in [2.05, 4.69) is 44.3 Å². The normalized spacial score (nSPS) is 13.5. The van der Waals surface area contributed by atoms with Crippen molar-refractivity contribution in [2.24, 2.45) is 0 Å². The SMILES string of the molecule is CCCCCCCC/C=C\C/C=C/CCC(=O)OC(CCCCCCCCCC)CC(=O)NC(CO)C(O)CCCCCCCCCCCCCCC. The molecule has 3 N–H and O–H groups in total. The van der Waals surface area contributed by atoms with Gasteiger partial charge in [0, 0.05) is 6.42 Å². The van der Waals surface area contributed by atoms with Gasteiger partial charge in [0.1, 0.15) is 6.10 Å². The summed E-state index contributed by atoms with van der Waals surface area (Å²) in [4.78, 5) is 25.9. The lowest BCUT2D eigenvalue weighted by Crippen LogP contribution is -2.46. The standard InChI is InChI=1S/C47H89NO5/c1-4-7-10-13-16-19-21-23-25-27-30-33-36-39-45(50)44(42-49)48-46(51)41-43(38-35-32-29-18-15-12-9-6-3)53-47(52)40-37-34-31-28-26-24-22-20-17-14-11-8-5-2/h24,26,31,34,43-45,49-50H,4-23,25,27-30,32-33,35-42H2,1-3H3,(H,48,51)/b26-24-,34-31+. The molecule has 0 heterocycles. The summed E-state index contributed by atoms with van der Waals surface area (Å²) in [5.41, 5.74) is 0. The van der Waals surface area contributed by atoms with Gasteiger partial charge in [-0.25, -0.2) is 0 Å². The van der Waals surface area contributed by atoms with E-state index in [1.165, 1.54) is 135 Å². The Kier molecular flexibility index (Phi) is 40.2. The second-order valence-electron chi connectivity index (χ2n) is 15.8. The van der Waals surface area contributed by atoms with Crippen molar-refractivity contribution in [2.75, 3.05) is 6.61 Å². The Morgan fingerprint density at radius 2 is 0.962 bits per heavy atom. The lowest BCUT2D eigenvalue weighted by molar-refractivity contribution is -0.150. The van der Waals surface area contributed by atoms with Crippen LogP contribution in [0.15, 0.2) is 24.3 Å². The monoisotopic (exact) mass is 748 g/mol. The van der Waals surface area contributed by atoms with Crippen LogP contribution < -0.4 is 5.32 Å². The zero-order chi connectivity index (χ0) is 38.9. The molecule has 0 rings (SSSR count). The van der Waals surface area contributed by atoms with Crippen molar-refractivity contribution >= 4 is 11.9 Å². The molecule has 3 atom stereocenters. The molecule has 3 unspecified atom stereocenters. The van der Waals surface area contributed by atoms with Gasteiger partial charge in [0.2, 0.25) is 5.91 Å². The molecule has 0 aromatic heterocycles. The minimum atomic E-state index is -0.789. The first-order chi connectivity index (χ1) is 26.0. The van der Waals surface area contributed by atoms with E-state index in [1.807, 2.05) is 6.08 Å². The fraction of sp³-hybridized carbons (Fsp3) is 0.872. The maximum Gasteiger partial charge on any atom is 0.306 e. The molecule has 53 heavy (non-hydrogen) atoms. The number of aliphatic hydroxyl groups excluding tert-OH is 2. The molecule has 1 amide bonds. The summed E-state index contributed by atoms with van der Waals surface area (Å²) in [6.45, 7) is 6.43. The third-order valence-electron chi connectivity index (χ3n) is 10.5. The predicted octanol–water partition coefficient (Wildman–Crippen LogP) is 13.2. The molecule has 6 nitrogen and oxygen atoms in total. The summed E-state index contributed by atoms with van der Waals surface area (Å²) in [6.07, 6.45) is 45.4. The predicted molar refractivity (Wildman–Crippen MR) is 227 cm³/mol. The van der Waals surface area contributed by atoms with E-state index in [4.69, 9.17) is 4.74 Å². The summed E-state index contributed by atoms with van der Waals surface area (Å²) in [6, 6.07) is -0.704. The number of ether oxygens (including phenoxy) is 1. The zero-order valence-electron chi connectivity index (χ0n) is 35.4. The highest BCUT2D eigenvalue weighted by atomic mass is 16.5. The summed E-state index contributed by atoms with van der Waals surface area (Å²) < 4.78 is 5.84. The number of allylic oxidation sites excluding steroid dienone is 4. The summed E-state index contributed by atoms with van der Waals surface area (Å²) >= 11 is 0. The van der Waals surface area contributed by atoms with Gasteiger partial charge in [-0.3, -0.25) is 9.59 Å². The van der Waals surface area contributed by atoms with Gasteiger partial charge >= 0.3 is 5.97 Å². The van der Waals surface area contributed by atoms with Crippen LogP contribution in [0.25, 0.3) is 0 Å². The van der Waals surface area contributed by atoms with Crippen LogP contribution in [0.3, 0.4) is 0 Å². The molecule has 0 fully saturated rings. The molecule has 0 bridgehead atoms. The van der Waals surface area contributed by atoms with Crippen molar-refractivity contribution in [3.05, 3.63) is 24.3 Å². The summed E-state index contributed by atoms with van der Waals surface area (Å²) in [5, 5.41) is 23.6. The molecule has 0 saturated carbocycles. The molecule has 0 saturated heterocycles. The van der Waals surface area contributed by atoms with Crippen LogP contribution in [-0.4, -0.2) is 46.9 Å². The van der Waals surface area contributed by atoms with Gasteiger partial charge in [0.15, 0.2) is 0 Å². The van der Waals surface area contributed by atoms with Crippen molar-refractivity contribution in [1.82, 2.24) is 5.32 Å². The van der Waals surface area contributed by atoms with E-state index in [9.17, 15) is 19.8 Å². The van der Waals surface area contributed by atoms with Crippen LogP contribution in [0.2, 0.25) is 0 Å². The molecule has 6 heteroatoms. The zero-order valence-corrected chi connectivity index (χ0v) is 35.4. The minimum absolute atomic E-state index is 0.0590.